The lowest BCUT2D eigenvalue weighted by molar-refractivity contribution is -0.274. The summed E-state index contributed by atoms with van der Waals surface area (Å²) >= 11 is 0. The van der Waals surface area contributed by atoms with E-state index in [2.05, 4.69) is 15.4 Å². The van der Waals surface area contributed by atoms with E-state index in [0.29, 0.717) is 38.8 Å². The minimum absolute atomic E-state index is 0.00663. The summed E-state index contributed by atoms with van der Waals surface area (Å²) in [5.74, 6) is -2.41. The number of carbonyl (C=O) groups excluding carboxylic acids is 3. The number of para-hydroxylation sites is 1. The number of halogens is 3. The Balaban J connectivity index is 1.35. The first kappa shape index (κ1) is 36.5. The Bertz CT molecular complexity index is 1420. The molecule has 2 saturated heterocycles. The first-order chi connectivity index (χ1) is 23.5. The SMILES string of the molecule is O=C1N[C@H](B(O)O)CCCCCCCCC[C@H](NCc2ccccc2OC(F)(F)F)C(=O)N2C[C@H](OC(=O)N3Cc4ccccc4C3)C[C@@H]12. The first-order valence-corrected chi connectivity index (χ1v) is 17.0. The summed E-state index contributed by atoms with van der Waals surface area (Å²) in [6.45, 7) is 0.549. The zero-order valence-corrected chi connectivity index (χ0v) is 27.4. The number of ether oxygens (including phenoxy) is 2. The maximum atomic E-state index is 14.3. The highest BCUT2D eigenvalue weighted by atomic mass is 19.4. The van der Waals surface area contributed by atoms with E-state index in [1.807, 2.05) is 24.3 Å². The lowest BCUT2D eigenvalue weighted by Crippen LogP contribution is -2.56. The van der Waals surface area contributed by atoms with Crippen molar-refractivity contribution in [1.82, 2.24) is 20.4 Å². The van der Waals surface area contributed by atoms with Crippen LogP contribution < -0.4 is 15.4 Å². The van der Waals surface area contributed by atoms with Crippen LogP contribution in [0.3, 0.4) is 0 Å². The third-order valence-electron chi connectivity index (χ3n) is 9.45. The van der Waals surface area contributed by atoms with E-state index in [4.69, 9.17) is 4.74 Å². The van der Waals surface area contributed by atoms with E-state index in [1.165, 1.54) is 23.1 Å². The van der Waals surface area contributed by atoms with Gasteiger partial charge in [-0.15, -0.1) is 13.2 Å². The highest BCUT2D eigenvalue weighted by Gasteiger charge is 2.45. The van der Waals surface area contributed by atoms with Gasteiger partial charge in [0, 0.05) is 31.6 Å². The molecule has 2 aromatic rings. The molecule has 15 heteroatoms. The predicted octanol–water partition coefficient (Wildman–Crippen LogP) is 4.19. The highest BCUT2D eigenvalue weighted by Crippen LogP contribution is 2.29. The van der Waals surface area contributed by atoms with E-state index in [1.54, 1.807) is 11.0 Å². The Morgan fingerprint density at radius 3 is 2.18 bits per heavy atom. The average molecular weight is 689 g/mol. The summed E-state index contributed by atoms with van der Waals surface area (Å²) in [6, 6.07) is 11.4. The van der Waals surface area contributed by atoms with Crippen LogP contribution in [-0.4, -0.2) is 81.9 Å². The van der Waals surface area contributed by atoms with Crippen molar-refractivity contribution in [3.8, 4) is 5.75 Å². The molecule has 0 aromatic heterocycles. The van der Waals surface area contributed by atoms with Gasteiger partial charge in [0.25, 0.3) is 0 Å². The molecular weight excluding hydrogens is 644 g/mol. The van der Waals surface area contributed by atoms with Crippen molar-refractivity contribution in [2.45, 2.75) is 114 Å². The zero-order valence-electron chi connectivity index (χ0n) is 27.4. The lowest BCUT2D eigenvalue weighted by Gasteiger charge is -2.30. The standard InChI is InChI=1S/C34H44BF3N4O7/c36-34(37,38)49-29-16-11-10-12-23(29)19-39-27-15-6-4-2-1-3-5-7-17-30(35(46)47)40-31(43)28-18-26(22-42(28)32(27)44)48-33(45)41-20-24-13-8-9-14-25(24)21-41/h8-14,16,26-28,30,39,46-47H,1-7,15,17-22H2,(H,40,43)/t26-,27+,28+,30+/m1/s1. The Morgan fingerprint density at radius 1 is 0.918 bits per heavy atom. The van der Waals surface area contributed by atoms with Gasteiger partial charge in [0.05, 0.1) is 18.5 Å². The van der Waals surface area contributed by atoms with Gasteiger partial charge in [-0.25, -0.2) is 4.79 Å². The van der Waals surface area contributed by atoms with Gasteiger partial charge >= 0.3 is 19.6 Å². The van der Waals surface area contributed by atoms with Crippen LogP contribution in [0.5, 0.6) is 5.75 Å². The summed E-state index contributed by atoms with van der Waals surface area (Å²) in [5, 5.41) is 25.9. The molecule has 0 saturated carbocycles. The number of amides is 3. The van der Waals surface area contributed by atoms with Gasteiger partial charge in [0.15, 0.2) is 0 Å². The summed E-state index contributed by atoms with van der Waals surface area (Å²) in [6.07, 6.45) is 0.251. The fraction of sp³-hybridized carbons (Fsp3) is 0.559. The van der Waals surface area contributed by atoms with E-state index in [0.717, 1.165) is 43.2 Å². The van der Waals surface area contributed by atoms with E-state index < -0.39 is 55.5 Å². The summed E-state index contributed by atoms with van der Waals surface area (Å²) < 4.78 is 49.3. The maximum Gasteiger partial charge on any atom is 0.573 e. The van der Waals surface area contributed by atoms with E-state index in [-0.39, 0.29) is 30.8 Å². The third kappa shape index (κ3) is 10.1. The molecule has 266 valence electrons. The quantitative estimate of drug-likeness (QED) is 0.332. The molecule has 2 aromatic carbocycles. The Kier molecular flexibility index (Phi) is 12.4. The summed E-state index contributed by atoms with van der Waals surface area (Å²) in [5.41, 5.74) is 2.22. The number of hydrogen-bond donors (Lipinski definition) is 4. The molecule has 0 aliphatic carbocycles. The predicted molar refractivity (Wildman–Crippen MR) is 174 cm³/mol. The van der Waals surface area contributed by atoms with E-state index >= 15 is 0 Å². The van der Waals surface area contributed by atoms with Crippen molar-refractivity contribution in [2.24, 2.45) is 0 Å². The van der Waals surface area contributed by atoms with Crippen molar-refractivity contribution < 1.29 is 47.1 Å². The van der Waals surface area contributed by atoms with Gasteiger partial charge < -0.3 is 35.1 Å². The number of nitrogens with zero attached hydrogens (tertiary/aromatic N) is 2. The molecule has 0 unspecified atom stereocenters. The molecule has 49 heavy (non-hydrogen) atoms. The number of nitrogens with one attached hydrogen (secondary N) is 2. The van der Waals surface area contributed by atoms with Crippen LogP contribution in [0.15, 0.2) is 48.5 Å². The van der Waals surface area contributed by atoms with Crippen LogP contribution >= 0.6 is 0 Å². The molecule has 3 heterocycles. The van der Waals surface area contributed by atoms with Crippen LogP contribution in [0.4, 0.5) is 18.0 Å². The number of benzene rings is 2. The van der Waals surface area contributed by atoms with Crippen LogP contribution in [-0.2, 0) is 34.0 Å². The minimum atomic E-state index is -4.89. The Labute approximate surface area is 284 Å². The molecule has 3 aliphatic heterocycles. The van der Waals surface area contributed by atoms with Crippen molar-refractivity contribution >= 4 is 25.0 Å². The van der Waals surface area contributed by atoms with Crippen LogP contribution in [0.1, 0.15) is 80.9 Å². The summed E-state index contributed by atoms with van der Waals surface area (Å²) in [4.78, 5) is 44.1. The number of fused-ring (bicyclic) bond motifs is 2. The Morgan fingerprint density at radius 2 is 1.53 bits per heavy atom. The number of hydrogen-bond acceptors (Lipinski definition) is 8. The van der Waals surface area contributed by atoms with Crippen LogP contribution in [0, 0.1) is 0 Å². The smallest absolute Gasteiger partial charge is 0.444 e. The van der Waals surface area contributed by atoms with Crippen molar-refractivity contribution in [3.05, 3.63) is 65.2 Å². The van der Waals surface area contributed by atoms with E-state index in [9.17, 15) is 37.6 Å². The van der Waals surface area contributed by atoms with Gasteiger partial charge in [0.2, 0.25) is 11.8 Å². The fourth-order valence-electron chi connectivity index (χ4n) is 6.85. The topological polar surface area (TPSA) is 141 Å². The van der Waals surface area contributed by atoms with Gasteiger partial charge in [-0.3, -0.25) is 14.5 Å². The van der Waals surface area contributed by atoms with Gasteiger partial charge in [-0.2, -0.15) is 0 Å². The molecule has 2 fully saturated rings. The second-order valence-corrected chi connectivity index (χ2v) is 13.0. The number of alkyl halides is 3. The molecule has 3 aliphatic rings. The normalized spacial score (nSPS) is 24.2. The maximum absolute atomic E-state index is 14.3. The average Bonchev–Trinajstić information content (AvgIpc) is 3.69. The second kappa shape index (κ2) is 16.7. The molecule has 4 N–H and O–H groups in total. The monoisotopic (exact) mass is 688 g/mol. The molecule has 5 rings (SSSR count). The molecule has 3 amide bonds. The molecule has 0 radical (unpaired) electrons. The second-order valence-electron chi connectivity index (χ2n) is 13.0. The van der Waals surface area contributed by atoms with Crippen LogP contribution in [0.25, 0.3) is 0 Å². The molecule has 11 nitrogen and oxygen atoms in total. The number of rotatable bonds is 6. The van der Waals surface area contributed by atoms with Crippen molar-refractivity contribution in [3.63, 3.8) is 0 Å². The fourth-order valence-corrected chi connectivity index (χ4v) is 6.85. The summed E-state index contributed by atoms with van der Waals surface area (Å²) in [7, 11) is -1.81. The van der Waals surface area contributed by atoms with Gasteiger partial charge in [0.1, 0.15) is 17.9 Å². The van der Waals surface area contributed by atoms with Crippen molar-refractivity contribution in [1.29, 1.82) is 0 Å². The first-order valence-electron chi connectivity index (χ1n) is 17.0. The van der Waals surface area contributed by atoms with Gasteiger partial charge in [-0.1, -0.05) is 87.4 Å². The lowest BCUT2D eigenvalue weighted by atomic mass is 9.76. The zero-order chi connectivity index (χ0) is 35.0. The Hall–Kier alpha value is -3.82. The molecular formula is C34H44BF3N4O7. The van der Waals surface area contributed by atoms with Gasteiger partial charge in [-0.05, 0) is 30.0 Å². The highest BCUT2D eigenvalue weighted by molar-refractivity contribution is 6.43. The number of carbonyl (C=O) groups is 3. The molecule has 0 bridgehead atoms. The molecule has 0 spiro atoms. The third-order valence-corrected chi connectivity index (χ3v) is 9.45. The molecule has 4 atom stereocenters. The van der Waals surface area contributed by atoms with Crippen molar-refractivity contribution in [2.75, 3.05) is 6.54 Å². The minimum Gasteiger partial charge on any atom is -0.444 e. The largest absolute Gasteiger partial charge is 0.573 e. The van der Waals surface area contributed by atoms with Crippen LogP contribution in [0.2, 0.25) is 0 Å².